The summed E-state index contributed by atoms with van der Waals surface area (Å²) >= 11 is 14.6. The molecule has 0 spiro atoms. The zero-order chi connectivity index (χ0) is 13.0. The highest BCUT2D eigenvalue weighted by molar-refractivity contribution is 9.11. The van der Waals surface area contributed by atoms with Gasteiger partial charge in [0.1, 0.15) is 0 Å². The van der Waals surface area contributed by atoms with Gasteiger partial charge in [0.25, 0.3) is 0 Å². The van der Waals surface area contributed by atoms with Gasteiger partial charge >= 0.3 is 0 Å². The second-order valence-corrected chi connectivity index (χ2v) is 7.69. The van der Waals surface area contributed by atoms with Gasteiger partial charge in [-0.1, -0.05) is 17.7 Å². The summed E-state index contributed by atoms with van der Waals surface area (Å²) in [5.41, 5.74) is 1.23. The topological polar surface area (TPSA) is 12.0 Å². The SMILES string of the molecule is Clc1ccc(CNCCc2ccc(Br)s2)cc1Br. The quantitative estimate of drug-likeness (QED) is 0.665. The summed E-state index contributed by atoms with van der Waals surface area (Å²) in [4.78, 5) is 1.40. The van der Waals surface area contributed by atoms with Crippen molar-refractivity contribution in [1.82, 2.24) is 5.32 Å². The molecular weight excluding hydrogens is 397 g/mol. The molecule has 0 saturated carbocycles. The molecule has 96 valence electrons. The molecule has 0 atom stereocenters. The summed E-state index contributed by atoms with van der Waals surface area (Å²) in [6.45, 7) is 1.84. The Balaban J connectivity index is 1.76. The Morgan fingerprint density at radius 2 is 2.00 bits per heavy atom. The van der Waals surface area contributed by atoms with E-state index in [2.05, 4.69) is 55.4 Å². The number of nitrogens with one attached hydrogen (secondary N) is 1. The monoisotopic (exact) mass is 407 g/mol. The number of halogens is 3. The zero-order valence-electron chi connectivity index (χ0n) is 9.55. The largest absolute Gasteiger partial charge is 0.312 e. The van der Waals surface area contributed by atoms with E-state index in [1.807, 2.05) is 12.1 Å². The Labute approximate surface area is 133 Å². The Bertz CT molecular complexity index is 527. The van der Waals surface area contributed by atoms with Crippen LogP contribution in [-0.4, -0.2) is 6.54 Å². The van der Waals surface area contributed by atoms with Crippen LogP contribution in [0.15, 0.2) is 38.6 Å². The van der Waals surface area contributed by atoms with Gasteiger partial charge in [-0.3, -0.25) is 0 Å². The highest BCUT2D eigenvalue weighted by Gasteiger charge is 2.00. The maximum atomic E-state index is 5.95. The minimum absolute atomic E-state index is 0.752. The first kappa shape index (κ1) is 14.5. The van der Waals surface area contributed by atoms with Crippen molar-refractivity contribution in [2.24, 2.45) is 0 Å². The molecule has 0 bridgehead atoms. The fourth-order valence-electron chi connectivity index (χ4n) is 1.58. The van der Waals surface area contributed by atoms with Crippen LogP contribution in [-0.2, 0) is 13.0 Å². The summed E-state index contributed by atoms with van der Waals surface area (Å²) in [6.07, 6.45) is 1.06. The van der Waals surface area contributed by atoms with E-state index >= 15 is 0 Å². The maximum Gasteiger partial charge on any atom is 0.0701 e. The number of rotatable bonds is 5. The second kappa shape index (κ2) is 7.06. The van der Waals surface area contributed by atoms with Gasteiger partial charge in [0.2, 0.25) is 0 Å². The van der Waals surface area contributed by atoms with Crippen LogP contribution in [0.5, 0.6) is 0 Å². The van der Waals surface area contributed by atoms with Crippen LogP contribution in [0.2, 0.25) is 5.02 Å². The molecule has 2 rings (SSSR count). The molecular formula is C13H12Br2ClNS. The van der Waals surface area contributed by atoms with Gasteiger partial charge in [-0.05, 0) is 68.1 Å². The van der Waals surface area contributed by atoms with Gasteiger partial charge in [0.05, 0.1) is 8.81 Å². The minimum atomic E-state index is 0.752. The van der Waals surface area contributed by atoms with Crippen molar-refractivity contribution in [3.63, 3.8) is 0 Å². The predicted octanol–water partition coefficient (Wildman–Crippen LogP) is 5.26. The van der Waals surface area contributed by atoms with Crippen LogP contribution in [0.3, 0.4) is 0 Å². The third-order valence-electron chi connectivity index (χ3n) is 2.49. The fourth-order valence-corrected chi connectivity index (χ4v) is 3.61. The standard InChI is InChI=1S/C13H12Br2ClNS/c14-11-7-9(1-3-12(11)16)8-17-6-5-10-2-4-13(15)18-10/h1-4,7,17H,5-6,8H2. The van der Waals surface area contributed by atoms with Crippen molar-refractivity contribution >= 4 is 54.8 Å². The lowest BCUT2D eigenvalue weighted by atomic mass is 10.2. The summed E-state index contributed by atoms with van der Waals surface area (Å²) in [5.74, 6) is 0. The van der Waals surface area contributed by atoms with E-state index in [1.54, 1.807) is 11.3 Å². The van der Waals surface area contributed by atoms with Crippen LogP contribution < -0.4 is 5.32 Å². The highest BCUT2D eigenvalue weighted by Crippen LogP contribution is 2.23. The summed E-state index contributed by atoms with van der Waals surface area (Å²) in [5, 5.41) is 4.19. The van der Waals surface area contributed by atoms with E-state index < -0.39 is 0 Å². The van der Waals surface area contributed by atoms with Crippen molar-refractivity contribution in [3.05, 3.63) is 54.1 Å². The van der Waals surface area contributed by atoms with Crippen LogP contribution in [0.25, 0.3) is 0 Å². The average molecular weight is 410 g/mol. The van der Waals surface area contributed by atoms with Crippen molar-refractivity contribution in [2.45, 2.75) is 13.0 Å². The molecule has 5 heteroatoms. The molecule has 1 aromatic carbocycles. The third-order valence-corrected chi connectivity index (χ3v) is 5.39. The van der Waals surface area contributed by atoms with Crippen LogP contribution in [0.1, 0.15) is 10.4 Å². The smallest absolute Gasteiger partial charge is 0.0701 e. The highest BCUT2D eigenvalue weighted by atomic mass is 79.9. The van der Waals surface area contributed by atoms with Gasteiger partial charge in [0.15, 0.2) is 0 Å². The molecule has 0 aliphatic carbocycles. The molecule has 1 aromatic heterocycles. The van der Waals surface area contributed by atoms with Gasteiger partial charge in [-0.15, -0.1) is 11.3 Å². The summed E-state index contributed by atoms with van der Waals surface area (Å²) < 4.78 is 2.14. The molecule has 0 fully saturated rings. The first-order valence-electron chi connectivity index (χ1n) is 5.54. The van der Waals surface area contributed by atoms with Crippen molar-refractivity contribution in [2.75, 3.05) is 6.54 Å². The summed E-state index contributed by atoms with van der Waals surface area (Å²) in [6, 6.07) is 10.3. The Hall–Kier alpha value is 0.130. The van der Waals surface area contributed by atoms with E-state index in [4.69, 9.17) is 11.6 Å². The molecule has 0 saturated heterocycles. The van der Waals surface area contributed by atoms with Gasteiger partial charge < -0.3 is 5.32 Å². The molecule has 0 amide bonds. The molecule has 1 nitrogen and oxygen atoms in total. The third kappa shape index (κ3) is 4.35. The molecule has 1 N–H and O–H groups in total. The molecule has 1 heterocycles. The molecule has 0 aliphatic rings. The molecule has 0 aliphatic heterocycles. The number of benzene rings is 1. The Morgan fingerprint density at radius 1 is 1.17 bits per heavy atom. The van der Waals surface area contributed by atoms with E-state index in [1.165, 1.54) is 14.2 Å². The van der Waals surface area contributed by atoms with Crippen molar-refractivity contribution in [1.29, 1.82) is 0 Å². The van der Waals surface area contributed by atoms with Gasteiger partial charge in [-0.25, -0.2) is 0 Å². The molecule has 2 aromatic rings. The second-order valence-electron chi connectivity index (χ2n) is 3.88. The van der Waals surface area contributed by atoms with Crippen LogP contribution >= 0.6 is 54.8 Å². The first-order valence-corrected chi connectivity index (χ1v) is 8.32. The van der Waals surface area contributed by atoms with Gasteiger partial charge in [0, 0.05) is 22.4 Å². The van der Waals surface area contributed by atoms with Crippen molar-refractivity contribution in [3.8, 4) is 0 Å². The fraction of sp³-hybridized carbons (Fsp3) is 0.231. The Kier molecular flexibility index (Phi) is 5.70. The van der Waals surface area contributed by atoms with E-state index in [0.29, 0.717) is 0 Å². The number of hydrogen-bond acceptors (Lipinski definition) is 2. The number of thiophene rings is 1. The van der Waals surface area contributed by atoms with E-state index in [-0.39, 0.29) is 0 Å². The zero-order valence-corrected chi connectivity index (χ0v) is 14.3. The van der Waals surface area contributed by atoms with Crippen molar-refractivity contribution < 1.29 is 0 Å². The van der Waals surface area contributed by atoms with Crippen LogP contribution in [0, 0.1) is 0 Å². The van der Waals surface area contributed by atoms with Crippen LogP contribution in [0.4, 0.5) is 0 Å². The lowest BCUT2D eigenvalue weighted by molar-refractivity contribution is 0.690. The molecule has 0 unspecified atom stereocenters. The van der Waals surface area contributed by atoms with Gasteiger partial charge in [-0.2, -0.15) is 0 Å². The normalized spacial score (nSPS) is 10.8. The van der Waals surface area contributed by atoms with E-state index in [9.17, 15) is 0 Å². The molecule has 0 radical (unpaired) electrons. The lowest BCUT2D eigenvalue weighted by Crippen LogP contribution is -2.16. The number of hydrogen-bond donors (Lipinski definition) is 1. The molecule has 18 heavy (non-hydrogen) atoms. The average Bonchev–Trinajstić information content (AvgIpc) is 2.75. The Morgan fingerprint density at radius 3 is 2.67 bits per heavy atom. The summed E-state index contributed by atoms with van der Waals surface area (Å²) in [7, 11) is 0. The predicted molar refractivity (Wildman–Crippen MR) is 86.6 cm³/mol. The minimum Gasteiger partial charge on any atom is -0.312 e. The maximum absolute atomic E-state index is 5.95. The lowest BCUT2D eigenvalue weighted by Gasteiger charge is -2.05. The van der Waals surface area contributed by atoms with E-state index in [0.717, 1.165) is 29.0 Å². The first-order chi connectivity index (χ1) is 8.65.